The molecule has 0 saturated carbocycles. The Morgan fingerprint density at radius 3 is 2.82 bits per heavy atom. The van der Waals surface area contributed by atoms with Crippen LogP contribution < -0.4 is 5.32 Å². The number of hydrogen-bond acceptors (Lipinski definition) is 8. The van der Waals surface area contributed by atoms with E-state index in [1.165, 1.54) is 10.3 Å². The summed E-state index contributed by atoms with van der Waals surface area (Å²) in [4.78, 5) is 26.5. The minimum Gasteiger partial charge on any atom is -0.445 e. The number of pyridine rings is 1. The second kappa shape index (κ2) is 10.1. The van der Waals surface area contributed by atoms with Crippen molar-refractivity contribution in [2.24, 2.45) is 0 Å². The minimum atomic E-state index is -0.448. The SMILES string of the molecule is O=C(OCc1ccccc1)N1CC=C(c2cc3c(Nc4ccc5scnc5c4)ccnc3s2)C12CCOCC2. The Balaban J connectivity index is 1.18. The quantitative estimate of drug-likeness (QED) is 0.247. The Morgan fingerprint density at radius 1 is 1.08 bits per heavy atom. The summed E-state index contributed by atoms with van der Waals surface area (Å²) < 4.78 is 12.7. The van der Waals surface area contributed by atoms with Crippen LogP contribution >= 0.6 is 22.7 Å². The summed E-state index contributed by atoms with van der Waals surface area (Å²) in [5.74, 6) is 0. The fourth-order valence-electron chi connectivity index (χ4n) is 5.59. The summed E-state index contributed by atoms with van der Waals surface area (Å²) in [7, 11) is 0. The normalized spacial score (nSPS) is 16.6. The van der Waals surface area contributed by atoms with Gasteiger partial charge in [-0.1, -0.05) is 36.4 Å². The molecular formula is C30H26N4O3S2. The first-order chi connectivity index (χ1) is 19.2. The molecule has 3 aromatic heterocycles. The lowest BCUT2D eigenvalue weighted by molar-refractivity contribution is 0.00694. The Hall–Kier alpha value is -3.79. The van der Waals surface area contributed by atoms with E-state index in [1.807, 2.05) is 53.0 Å². The number of fused-ring (bicyclic) bond motifs is 2. The molecule has 2 aromatic carbocycles. The van der Waals surface area contributed by atoms with Crippen LogP contribution in [-0.4, -0.2) is 46.3 Å². The number of thiazole rings is 1. The summed E-state index contributed by atoms with van der Waals surface area (Å²) in [5.41, 5.74) is 6.53. The topological polar surface area (TPSA) is 76.6 Å². The van der Waals surface area contributed by atoms with Gasteiger partial charge in [0.05, 0.1) is 27.0 Å². The van der Waals surface area contributed by atoms with E-state index in [1.54, 1.807) is 22.7 Å². The largest absolute Gasteiger partial charge is 0.445 e. The predicted octanol–water partition coefficient (Wildman–Crippen LogP) is 7.23. The van der Waals surface area contributed by atoms with Crippen molar-refractivity contribution in [3.05, 3.63) is 88.9 Å². The van der Waals surface area contributed by atoms with E-state index < -0.39 is 5.54 Å². The molecule has 9 heteroatoms. The van der Waals surface area contributed by atoms with Gasteiger partial charge in [-0.05, 0) is 54.3 Å². The van der Waals surface area contributed by atoms with E-state index in [-0.39, 0.29) is 12.7 Å². The van der Waals surface area contributed by atoms with Crippen molar-refractivity contribution in [3.8, 4) is 0 Å². The fraction of sp³-hybridized carbons (Fsp3) is 0.233. The average molecular weight is 555 g/mol. The molecule has 0 bridgehead atoms. The zero-order valence-corrected chi connectivity index (χ0v) is 22.8. The molecule has 0 radical (unpaired) electrons. The second-order valence-electron chi connectivity index (χ2n) is 9.76. The Bertz CT molecular complexity index is 1690. The molecule has 7 nitrogen and oxygen atoms in total. The third kappa shape index (κ3) is 4.46. The van der Waals surface area contributed by atoms with Gasteiger partial charge < -0.3 is 14.8 Å². The summed E-state index contributed by atoms with van der Waals surface area (Å²) >= 11 is 3.30. The summed E-state index contributed by atoms with van der Waals surface area (Å²) in [5, 5.41) is 4.63. The number of anilines is 2. The fourth-order valence-corrected chi connectivity index (χ4v) is 7.41. The number of rotatable bonds is 5. The van der Waals surface area contributed by atoms with Gasteiger partial charge >= 0.3 is 6.09 Å². The number of nitrogens with one attached hydrogen (secondary N) is 1. The van der Waals surface area contributed by atoms with Crippen molar-refractivity contribution in [1.29, 1.82) is 0 Å². The van der Waals surface area contributed by atoms with Crippen LogP contribution in [0, 0.1) is 0 Å². The molecule has 1 fully saturated rings. The highest BCUT2D eigenvalue weighted by Gasteiger charge is 2.48. The molecule has 1 amide bonds. The number of thiophene rings is 1. The number of carbonyl (C=O) groups excluding carboxylic acids is 1. The lowest BCUT2D eigenvalue weighted by atomic mass is 9.82. The minimum absolute atomic E-state index is 0.257. The first-order valence-electron chi connectivity index (χ1n) is 13.0. The van der Waals surface area contributed by atoms with Crippen molar-refractivity contribution in [3.63, 3.8) is 0 Å². The molecular weight excluding hydrogens is 528 g/mol. The molecule has 7 rings (SSSR count). The molecule has 0 unspecified atom stereocenters. The number of ether oxygens (including phenoxy) is 2. The van der Waals surface area contributed by atoms with Gasteiger partial charge in [-0.15, -0.1) is 22.7 Å². The molecule has 1 spiro atoms. The van der Waals surface area contributed by atoms with E-state index in [0.717, 1.165) is 50.4 Å². The average Bonchev–Trinajstić information content (AvgIpc) is 3.70. The first-order valence-corrected chi connectivity index (χ1v) is 14.7. The lowest BCUT2D eigenvalue weighted by Crippen LogP contribution is -2.52. The van der Waals surface area contributed by atoms with Crippen LogP contribution in [-0.2, 0) is 16.1 Å². The molecule has 2 aliphatic heterocycles. The predicted molar refractivity (Wildman–Crippen MR) is 157 cm³/mol. The third-order valence-electron chi connectivity index (χ3n) is 7.55. The van der Waals surface area contributed by atoms with Gasteiger partial charge in [-0.25, -0.2) is 14.8 Å². The molecule has 2 aliphatic rings. The van der Waals surface area contributed by atoms with E-state index in [4.69, 9.17) is 9.47 Å². The van der Waals surface area contributed by atoms with Gasteiger partial charge in [-0.2, -0.15) is 0 Å². The maximum absolute atomic E-state index is 13.4. The van der Waals surface area contributed by atoms with Crippen molar-refractivity contribution < 1.29 is 14.3 Å². The van der Waals surface area contributed by atoms with E-state index in [2.05, 4.69) is 45.6 Å². The summed E-state index contributed by atoms with van der Waals surface area (Å²) in [6.07, 6.45) is 5.21. The molecule has 0 aliphatic carbocycles. The highest BCUT2D eigenvalue weighted by molar-refractivity contribution is 7.19. The van der Waals surface area contributed by atoms with Gasteiger partial charge in [0.25, 0.3) is 0 Å². The van der Waals surface area contributed by atoms with Crippen LogP contribution in [0.3, 0.4) is 0 Å². The smallest absolute Gasteiger partial charge is 0.411 e. The Kier molecular flexibility index (Phi) is 6.27. The third-order valence-corrected chi connectivity index (χ3v) is 9.44. The van der Waals surface area contributed by atoms with E-state index in [0.29, 0.717) is 19.8 Å². The van der Waals surface area contributed by atoms with Gasteiger partial charge in [0.2, 0.25) is 0 Å². The monoisotopic (exact) mass is 554 g/mol. The number of nitrogens with zero attached hydrogens (tertiary/aromatic N) is 3. The van der Waals surface area contributed by atoms with Gasteiger partial charge in [0.1, 0.15) is 11.4 Å². The molecule has 0 atom stereocenters. The van der Waals surface area contributed by atoms with Crippen molar-refractivity contribution >= 4 is 66.1 Å². The van der Waals surface area contributed by atoms with Crippen LogP contribution in [0.15, 0.2) is 78.4 Å². The highest BCUT2D eigenvalue weighted by Crippen LogP contribution is 2.48. The standard InChI is InChI=1S/C30H26N4O3S2/c35-29(37-18-20-4-2-1-3-5-20)34-13-9-23(30(34)10-14-36-15-11-30)27-17-22-24(8-12-31-28(22)39-27)33-21-6-7-26-25(16-21)32-19-38-26/h1-9,12,16-17,19H,10-11,13-15,18H2,(H,31,33). The molecule has 196 valence electrons. The molecule has 5 heterocycles. The Labute approximate surface area is 233 Å². The van der Waals surface area contributed by atoms with Gasteiger partial charge in [0, 0.05) is 41.9 Å². The number of benzene rings is 2. The highest BCUT2D eigenvalue weighted by atomic mass is 32.1. The van der Waals surface area contributed by atoms with Crippen LogP contribution in [0.1, 0.15) is 23.3 Å². The van der Waals surface area contributed by atoms with Crippen molar-refractivity contribution in [2.45, 2.75) is 25.0 Å². The number of aromatic nitrogens is 2. The van der Waals surface area contributed by atoms with Crippen molar-refractivity contribution in [1.82, 2.24) is 14.9 Å². The van der Waals surface area contributed by atoms with Gasteiger partial charge in [0.15, 0.2) is 0 Å². The second-order valence-corrected chi connectivity index (χ2v) is 11.7. The molecule has 1 saturated heterocycles. The molecule has 5 aromatic rings. The lowest BCUT2D eigenvalue weighted by Gasteiger charge is -2.42. The summed E-state index contributed by atoms with van der Waals surface area (Å²) in [6, 6.07) is 20.3. The first kappa shape index (κ1) is 24.3. The zero-order chi connectivity index (χ0) is 26.2. The van der Waals surface area contributed by atoms with Crippen LogP contribution in [0.4, 0.5) is 16.2 Å². The molecule has 1 N–H and O–H groups in total. The van der Waals surface area contributed by atoms with Crippen LogP contribution in [0.5, 0.6) is 0 Å². The maximum Gasteiger partial charge on any atom is 0.411 e. The zero-order valence-electron chi connectivity index (χ0n) is 21.1. The van der Waals surface area contributed by atoms with Crippen molar-refractivity contribution in [2.75, 3.05) is 25.1 Å². The maximum atomic E-state index is 13.4. The summed E-state index contributed by atoms with van der Waals surface area (Å²) in [6.45, 7) is 1.99. The van der Waals surface area contributed by atoms with E-state index >= 15 is 0 Å². The molecule has 39 heavy (non-hydrogen) atoms. The number of hydrogen-bond donors (Lipinski definition) is 1. The van der Waals surface area contributed by atoms with Crippen LogP contribution in [0.25, 0.3) is 26.0 Å². The van der Waals surface area contributed by atoms with Gasteiger partial charge in [-0.3, -0.25) is 4.90 Å². The van der Waals surface area contributed by atoms with E-state index in [9.17, 15) is 4.79 Å². The van der Waals surface area contributed by atoms with Crippen LogP contribution in [0.2, 0.25) is 0 Å². The Morgan fingerprint density at radius 2 is 1.95 bits per heavy atom. The number of carbonyl (C=O) groups is 1. The number of amides is 1.